The summed E-state index contributed by atoms with van der Waals surface area (Å²) in [4.78, 5) is 34.6. The maximum Gasteiger partial charge on any atom is 0.243 e. The van der Waals surface area contributed by atoms with Crippen LogP contribution in [0.5, 0.6) is 0 Å². The van der Waals surface area contributed by atoms with E-state index in [1.807, 2.05) is 42.5 Å². The molecule has 1 aromatic heterocycles. The summed E-state index contributed by atoms with van der Waals surface area (Å²) in [6.45, 7) is 4.22. The molecule has 0 bridgehead atoms. The van der Waals surface area contributed by atoms with Gasteiger partial charge in [-0.15, -0.1) is 0 Å². The molecule has 2 N–H and O–H groups in total. The summed E-state index contributed by atoms with van der Waals surface area (Å²) >= 11 is 0. The molecular weight excluding hydrogens is 431 g/mol. The number of imidazole rings is 1. The summed E-state index contributed by atoms with van der Waals surface area (Å²) in [5.74, 6) is -0.163. The molecule has 6 nitrogen and oxygen atoms in total. The highest BCUT2D eigenvalue weighted by Gasteiger charge is 2.40. The van der Waals surface area contributed by atoms with Gasteiger partial charge in [-0.05, 0) is 29.0 Å². The van der Waals surface area contributed by atoms with Gasteiger partial charge in [-0.3, -0.25) is 9.59 Å². The van der Waals surface area contributed by atoms with E-state index >= 15 is 0 Å². The first kappa shape index (κ1) is 23.7. The van der Waals surface area contributed by atoms with Gasteiger partial charge in [-0.25, -0.2) is 9.37 Å². The molecule has 1 fully saturated rings. The van der Waals surface area contributed by atoms with E-state index in [2.05, 4.69) is 41.3 Å². The zero-order valence-corrected chi connectivity index (χ0v) is 19.6. The summed E-state index contributed by atoms with van der Waals surface area (Å²) in [6.07, 6.45) is 2.67. The number of aromatic nitrogens is 2. The maximum absolute atomic E-state index is 14.4. The SMILES string of the molecule is CC(C)c1ccc([C@@H](NC(=O)C2C[C@@H](F)CN2C(=O)CCc2cnc[nH]2)c2ccccc2)cc1. The van der Waals surface area contributed by atoms with E-state index in [0.717, 1.165) is 16.8 Å². The molecule has 2 aromatic carbocycles. The molecule has 0 spiro atoms. The average molecular weight is 463 g/mol. The molecule has 1 unspecified atom stereocenters. The summed E-state index contributed by atoms with van der Waals surface area (Å²) in [5.41, 5.74) is 3.92. The lowest BCUT2D eigenvalue weighted by atomic mass is 9.95. The lowest BCUT2D eigenvalue weighted by Gasteiger charge is -2.27. The number of hydrogen-bond donors (Lipinski definition) is 2. The third-order valence-corrected chi connectivity index (χ3v) is 6.39. The van der Waals surface area contributed by atoms with Crippen molar-refractivity contribution < 1.29 is 14.0 Å². The number of carbonyl (C=O) groups excluding carboxylic acids is 2. The highest BCUT2D eigenvalue weighted by atomic mass is 19.1. The van der Waals surface area contributed by atoms with Crippen LogP contribution in [-0.2, 0) is 16.0 Å². The summed E-state index contributed by atoms with van der Waals surface area (Å²) in [5, 5.41) is 3.10. The monoisotopic (exact) mass is 462 g/mol. The quantitative estimate of drug-likeness (QED) is 0.524. The molecule has 2 amide bonds. The van der Waals surface area contributed by atoms with Crippen LogP contribution < -0.4 is 5.32 Å². The van der Waals surface area contributed by atoms with E-state index in [-0.39, 0.29) is 31.2 Å². The van der Waals surface area contributed by atoms with Crippen molar-refractivity contribution in [3.8, 4) is 0 Å². The molecule has 3 atom stereocenters. The number of hydrogen-bond acceptors (Lipinski definition) is 3. The summed E-state index contributed by atoms with van der Waals surface area (Å²) < 4.78 is 14.4. The number of rotatable bonds is 8. The number of benzene rings is 2. The number of nitrogens with zero attached hydrogens (tertiary/aromatic N) is 2. The molecule has 178 valence electrons. The minimum absolute atomic E-state index is 0.00935. The first-order valence-corrected chi connectivity index (χ1v) is 11.8. The topological polar surface area (TPSA) is 78.1 Å². The van der Waals surface area contributed by atoms with Gasteiger partial charge in [0.15, 0.2) is 0 Å². The number of carbonyl (C=O) groups is 2. The number of amides is 2. The maximum atomic E-state index is 14.4. The van der Waals surface area contributed by atoms with Gasteiger partial charge in [0.25, 0.3) is 0 Å². The van der Waals surface area contributed by atoms with E-state index in [9.17, 15) is 14.0 Å². The Kier molecular flexibility index (Phi) is 7.40. The zero-order chi connectivity index (χ0) is 24.1. The largest absolute Gasteiger partial charge is 0.348 e. The fourth-order valence-electron chi connectivity index (χ4n) is 4.43. The predicted octanol–water partition coefficient (Wildman–Crippen LogP) is 4.31. The molecule has 2 heterocycles. The van der Waals surface area contributed by atoms with Crippen molar-refractivity contribution in [1.29, 1.82) is 0 Å². The van der Waals surface area contributed by atoms with Crippen LogP contribution in [-0.4, -0.2) is 45.4 Å². The zero-order valence-electron chi connectivity index (χ0n) is 19.6. The molecule has 1 aliphatic heterocycles. The Morgan fingerprint density at radius 2 is 1.76 bits per heavy atom. The predicted molar refractivity (Wildman–Crippen MR) is 129 cm³/mol. The molecule has 34 heavy (non-hydrogen) atoms. The van der Waals surface area contributed by atoms with Crippen LogP contribution in [0.2, 0.25) is 0 Å². The highest BCUT2D eigenvalue weighted by molar-refractivity contribution is 5.89. The number of likely N-dealkylation sites (tertiary alicyclic amines) is 1. The van der Waals surface area contributed by atoms with Crippen LogP contribution in [0.4, 0.5) is 4.39 Å². The van der Waals surface area contributed by atoms with Crippen LogP contribution in [0.25, 0.3) is 0 Å². The van der Waals surface area contributed by atoms with Gasteiger partial charge in [0, 0.05) is 24.7 Å². The molecule has 1 aliphatic rings. The molecule has 0 saturated carbocycles. The van der Waals surface area contributed by atoms with Gasteiger partial charge in [0.1, 0.15) is 12.2 Å². The number of halogens is 1. The van der Waals surface area contributed by atoms with Crippen molar-refractivity contribution in [3.05, 3.63) is 89.5 Å². The Morgan fingerprint density at radius 3 is 2.41 bits per heavy atom. The van der Waals surface area contributed by atoms with Crippen LogP contribution in [0.1, 0.15) is 61.0 Å². The highest BCUT2D eigenvalue weighted by Crippen LogP contribution is 2.27. The smallest absolute Gasteiger partial charge is 0.243 e. The summed E-state index contributed by atoms with van der Waals surface area (Å²) in [7, 11) is 0. The van der Waals surface area contributed by atoms with E-state index in [1.54, 1.807) is 12.5 Å². The second-order valence-corrected chi connectivity index (χ2v) is 9.15. The minimum atomic E-state index is -1.22. The second kappa shape index (κ2) is 10.6. The minimum Gasteiger partial charge on any atom is -0.348 e. The molecule has 4 rings (SSSR count). The van der Waals surface area contributed by atoms with Gasteiger partial charge >= 0.3 is 0 Å². The van der Waals surface area contributed by atoms with Crippen LogP contribution in [0.15, 0.2) is 67.1 Å². The van der Waals surface area contributed by atoms with Gasteiger partial charge in [-0.2, -0.15) is 0 Å². The molecule has 1 saturated heterocycles. The van der Waals surface area contributed by atoms with Crippen LogP contribution in [0, 0.1) is 0 Å². The molecule has 3 aromatic rings. The Labute approximate surface area is 199 Å². The fourth-order valence-corrected chi connectivity index (χ4v) is 4.43. The van der Waals surface area contributed by atoms with Gasteiger partial charge in [-0.1, -0.05) is 68.4 Å². The standard InChI is InChI=1S/C27H31FN4O2/c1-18(2)19-8-10-21(11-9-19)26(20-6-4-3-5-7-20)31-27(34)24-14-22(28)16-32(24)25(33)13-12-23-15-29-17-30-23/h3-11,15,17-18,22,24,26H,12-14,16H2,1-2H3,(H,29,30)(H,31,34)/t22-,24?,26+/m1/s1. The van der Waals surface area contributed by atoms with Crippen molar-refractivity contribution >= 4 is 11.8 Å². The molecular formula is C27H31FN4O2. The molecule has 0 radical (unpaired) electrons. The molecule has 7 heteroatoms. The van der Waals surface area contributed by atoms with Crippen molar-refractivity contribution in [3.63, 3.8) is 0 Å². The van der Waals surface area contributed by atoms with Crippen molar-refractivity contribution in [2.45, 2.75) is 57.3 Å². The number of alkyl halides is 1. The van der Waals surface area contributed by atoms with E-state index in [4.69, 9.17) is 0 Å². The van der Waals surface area contributed by atoms with E-state index in [0.29, 0.717) is 12.3 Å². The molecule has 0 aliphatic carbocycles. The van der Waals surface area contributed by atoms with Crippen molar-refractivity contribution in [2.24, 2.45) is 0 Å². The van der Waals surface area contributed by atoms with Gasteiger partial charge in [0.2, 0.25) is 11.8 Å². The Hall–Kier alpha value is -3.48. The van der Waals surface area contributed by atoms with E-state index in [1.165, 1.54) is 10.5 Å². The normalized spacial score (nSPS) is 18.8. The third-order valence-electron chi connectivity index (χ3n) is 6.39. The first-order chi connectivity index (χ1) is 16.4. The second-order valence-electron chi connectivity index (χ2n) is 9.15. The Bertz CT molecular complexity index is 1080. The number of H-pyrrole nitrogens is 1. The van der Waals surface area contributed by atoms with Crippen molar-refractivity contribution in [1.82, 2.24) is 20.2 Å². The number of aryl methyl sites for hydroxylation is 1. The third kappa shape index (κ3) is 5.53. The Balaban J connectivity index is 1.52. The summed E-state index contributed by atoms with van der Waals surface area (Å²) in [6, 6.07) is 16.7. The van der Waals surface area contributed by atoms with Crippen LogP contribution in [0.3, 0.4) is 0 Å². The number of aromatic amines is 1. The van der Waals surface area contributed by atoms with E-state index < -0.39 is 18.3 Å². The van der Waals surface area contributed by atoms with Crippen molar-refractivity contribution in [2.75, 3.05) is 6.54 Å². The van der Waals surface area contributed by atoms with Crippen LogP contribution >= 0.6 is 0 Å². The number of nitrogens with one attached hydrogen (secondary N) is 2. The fraction of sp³-hybridized carbons (Fsp3) is 0.370. The van der Waals surface area contributed by atoms with Gasteiger partial charge < -0.3 is 15.2 Å². The lowest BCUT2D eigenvalue weighted by Crippen LogP contribution is -2.47. The van der Waals surface area contributed by atoms with Gasteiger partial charge in [0.05, 0.1) is 18.9 Å². The average Bonchev–Trinajstić information content (AvgIpc) is 3.51. The Morgan fingerprint density at radius 1 is 1.09 bits per heavy atom. The lowest BCUT2D eigenvalue weighted by molar-refractivity contribution is -0.138. The first-order valence-electron chi connectivity index (χ1n) is 11.8.